The van der Waals surface area contributed by atoms with E-state index in [9.17, 15) is 24.9 Å². The fourth-order valence-electron chi connectivity index (χ4n) is 5.07. The van der Waals surface area contributed by atoms with Crippen molar-refractivity contribution in [1.82, 2.24) is 0 Å². The predicted molar refractivity (Wildman–Crippen MR) is 116 cm³/mol. The van der Waals surface area contributed by atoms with Crippen LogP contribution in [0.4, 0.5) is 0 Å². The lowest BCUT2D eigenvalue weighted by Gasteiger charge is -2.38. The minimum absolute atomic E-state index is 0.205. The maximum absolute atomic E-state index is 11.9. The van der Waals surface area contributed by atoms with Gasteiger partial charge in [0.2, 0.25) is 0 Å². The number of aliphatic hydroxyl groups excluding tert-OH is 3. The van der Waals surface area contributed by atoms with Crippen LogP contribution in [0.25, 0.3) is 0 Å². The van der Waals surface area contributed by atoms with Gasteiger partial charge in [0.25, 0.3) is 0 Å². The highest BCUT2D eigenvalue weighted by Gasteiger charge is 2.51. The molecule has 0 heterocycles. The molecule has 3 N–H and O–H groups in total. The Morgan fingerprint density at radius 2 is 1.52 bits per heavy atom. The number of carbonyl (C=O) groups is 2. The number of hydrogen-bond acceptors (Lipinski definition) is 7. The first-order valence-electron chi connectivity index (χ1n) is 10.8. The second-order valence-electron chi connectivity index (χ2n) is 9.19. The lowest BCUT2D eigenvalue weighted by Crippen LogP contribution is -2.45. The highest BCUT2D eigenvalue weighted by Crippen LogP contribution is 2.49. The number of fused-ring (bicyclic) bond motifs is 1. The highest BCUT2D eigenvalue weighted by atomic mass is 16.6. The van der Waals surface area contributed by atoms with E-state index in [0.717, 1.165) is 5.57 Å². The molecule has 31 heavy (non-hydrogen) atoms. The van der Waals surface area contributed by atoms with E-state index in [1.165, 1.54) is 13.8 Å². The molecule has 0 radical (unpaired) electrons. The van der Waals surface area contributed by atoms with Crippen LogP contribution in [0.1, 0.15) is 47.5 Å². The smallest absolute Gasteiger partial charge is 0.303 e. The summed E-state index contributed by atoms with van der Waals surface area (Å²) in [5.41, 5.74) is 1.97. The van der Waals surface area contributed by atoms with Crippen molar-refractivity contribution in [1.29, 1.82) is 0 Å². The van der Waals surface area contributed by atoms with E-state index in [-0.39, 0.29) is 12.3 Å². The van der Waals surface area contributed by atoms with Crippen molar-refractivity contribution in [2.75, 3.05) is 0 Å². The standard InChI is InChI=1S/C24H36O7/c1-11(2)8-21(30-15(6)25)24(31-16(7)26)13(4)18-10-19(27)12(3)17-9-20(28)14(5)22(17)23(18)29/h8,13,17-24,27-29H,3,5,9-10H2,1-2,4,6-7H3/t13-,17-,18-,19+,20-,21+,22+,23+,24+/m1/s1. The van der Waals surface area contributed by atoms with Crippen LogP contribution in [0.3, 0.4) is 0 Å². The molecule has 2 aliphatic rings. The number of aliphatic hydroxyl groups is 3. The first-order chi connectivity index (χ1) is 14.3. The summed E-state index contributed by atoms with van der Waals surface area (Å²) < 4.78 is 11.1. The Hall–Kier alpha value is -1.96. The summed E-state index contributed by atoms with van der Waals surface area (Å²) in [6.07, 6.45) is -2.03. The quantitative estimate of drug-likeness (QED) is 0.432. The van der Waals surface area contributed by atoms with Crippen molar-refractivity contribution in [3.63, 3.8) is 0 Å². The largest absolute Gasteiger partial charge is 0.458 e. The third-order valence-corrected chi connectivity index (χ3v) is 6.59. The molecule has 7 nitrogen and oxygen atoms in total. The summed E-state index contributed by atoms with van der Waals surface area (Å²) in [7, 11) is 0. The molecule has 2 rings (SSSR count). The molecular weight excluding hydrogens is 400 g/mol. The lowest BCUT2D eigenvalue weighted by atomic mass is 9.75. The first-order valence-corrected chi connectivity index (χ1v) is 10.8. The number of hydrogen-bond donors (Lipinski definition) is 3. The minimum Gasteiger partial charge on any atom is -0.458 e. The molecule has 2 fully saturated rings. The van der Waals surface area contributed by atoms with E-state index in [2.05, 4.69) is 13.2 Å². The van der Waals surface area contributed by atoms with Crippen LogP contribution in [0.5, 0.6) is 0 Å². The molecule has 0 spiro atoms. The van der Waals surface area contributed by atoms with E-state index in [0.29, 0.717) is 17.6 Å². The normalized spacial score (nSPS) is 33.5. The lowest BCUT2D eigenvalue weighted by molar-refractivity contribution is -0.169. The predicted octanol–water partition coefficient (Wildman–Crippen LogP) is 2.30. The first kappa shape index (κ1) is 25.3. The van der Waals surface area contributed by atoms with Gasteiger partial charge in [-0.2, -0.15) is 0 Å². The summed E-state index contributed by atoms with van der Waals surface area (Å²) >= 11 is 0. The monoisotopic (exact) mass is 436 g/mol. The second-order valence-corrected chi connectivity index (χ2v) is 9.19. The topological polar surface area (TPSA) is 113 Å². The number of rotatable bonds is 6. The number of esters is 2. The van der Waals surface area contributed by atoms with Gasteiger partial charge in [-0.3, -0.25) is 9.59 Å². The Balaban J connectivity index is 2.46. The molecule has 0 aromatic rings. The van der Waals surface area contributed by atoms with Gasteiger partial charge in [-0.15, -0.1) is 0 Å². The molecule has 2 aliphatic carbocycles. The van der Waals surface area contributed by atoms with Crippen LogP contribution in [0, 0.1) is 23.7 Å². The SMILES string of the molecule is C=C1[C@@H]2[C@@H](O)[C@@H]([C@@H](C)[C@H](OC(C)=O)[C@H](C=C(C)C)OC(C)=O)C[C@H](O)C(=C)[C@H]2C[C@H]1O. The van der Waals surface area contributed by atoms with Gasteiger partial charge in [-0.1, -0.05) is 25.7 Å². The van der Waals surface area contributed by atoms with E-state index in [1.807, 2.05) is 13.8 Å². The van der Waals surface area contributed by atoms with Crippen LogP contribution in [-0.4, -0.2) is 57.8 Å². The molecule has 174 valence electrons. The molecule has 0 amide bonds. The Morgan fingerprint density at radius 3 is 2.03 bits per heavy atom. The van der Waals surface area contributed by atoms with Crippen molar-refractivity contribution < 1.29 is 34.4 Å². The third kappa shape index (κ3) is 5.64. The van der Waals surface area contributed by atoms with E-state index in [1.54, 1.807) is 13.0 Å². The van der Waals surface area contributed by atoms with Gasteiger partial charge in [0.1, 0.15) is 6.10 Å². The zero-order valence-electron chi connectivity index (χ0n) is 19.1. The Bertz CT molecular complexity index is 751. The molecular formula is C24H36O7. The van der Waals surface area contributed by atoms with Crippen molar-refractivity contribution in [2.45, 2.75) is 78.0 Å². The van der Waals surface area contributed by atoms with Crippen LogP contribution in [-0.2, 0) is 19.1 Å². The van der Waals surface area contributed by atoms with E-state index < -0.39 is 60.2 Å². The van der Waals surface area contributed by atoms with E-state index >= 15 is 0 Å². The molecule has 0 bridgehead atoms. The number of allylic oxidation sites excluding steroid dienone is 1. The van der Waals surface area contributed by atoms with Gasteiger partial charge in [0, 0.05) is 25.7 Å². The summed E-state index contributed by atoms with van der Waals surface area (Å²) in [5.74, 6) is -2.79. The molecule has 0 aromatic heterocycles. The molecule has 9 atom stereocenters. The zero-order valence-corrected chi connectivity index (χ0v) is 19.1. The minimum atomic E-state index is -0.943. The molecule has 0 aliphatic heterocycles. The fourth-order valence-corrected chi connectivity index (χ4v) is 5.07. The molecule has 7 heteroatoms. The van der Waals surface area contributed by atoms with Crippen molar-refractivity contribution in [3.8, 4) is 0 Å². The Labute approximate surface area is 184 Å². The average molecular weight is 437 g/mol. The number of ether oxygens (including phenoxy) is 2. The van der Waals surface area contributed by atoms with Crippen molar-refractivity contribution in [2.24, 2.45) is 23.7 Å². The molecule has 2 saturated carbocycles. The molecule has 0 unspecified atom stereocenters. The van der Waals surface area contributed by atoms with Crippen LogP contribution in [0.2, 0.25) is 0 Å². The Kier molecular flexibility index (Phi) is 8.25. The van der Waals surface area contributed by atoms with E-state index in [4.69, 9.17) is 9.47 Å². The van der Waals surface area contributed by atoms with Gasteiger partial charge in [-0.05, 0) is 55.7 Å². The van der Waals surface area contributed by atoms with Gasteiger partial charge >= 0.3 is 11.9 Å². The summed E-state index contributed by atoms with van der Waals surface area (Å²) in [6, 6.07) is 0. The maximum Gasteiger partial charge on any atom is 0.303 e. The van der Waals surface area contributed by atoms with Crippen LogP contribution >= 0.6 is 0 Å². The molecule has 0 saturated heterocycles. The summed E-state index contributed by atoms with van der Waals surface area (Å²) in [4.78, 5) is 23.6. The summed E-state index contributed by atoms with van der Waals surface area (Å²) in [6.45, 7) is 16.0. The highest BCUT2D eigenvalue weighted by molar-refractivity contribution is 5.67. The molecule has 0 aromatic carbocycles. The summed E-state index contributed by atoms with van der Waals surface area (Å²) in [5, 5.41) is 32.4. The van der Waals surface area contributed by atoms with Crippen molar-refractivity contribution >= 4 is 11.9 Å². The van der Waals surface area contributed by atoms with Gasteiger partial charge in [0.05, 0.1) is 18.3 Å². The third-order valence-electron chi connectivity index (χ3n) is 6.59. The maximum atomic E-state index is 11.9. The van der Waals surface area contributed by atoms with Gasteiger partial charge in [0.15, 0.2) is 6.10 Å². The van der Waals surface area contributed by atoms with Crippen molar-refractivity contribution in [3.05, 3.63) is 36.0 Å². The average Bonchev–Trinajstić information content (AvgIpc) is 2.91. The van der Waals surface area contributed by atoms with Gasteiger partial charge < -0.3 is 24.8 Å². The van der Waals surface area contributed by atoms with Crippen LogP contribution in [0.15, 0.2) is 36.0 Å². The van der Waals surface area contributed by atoms with Crippen LogP contribution < -0.4 is 0 Å². The van der Waals surface area contributed by atoms with Gasteiger partial charge in [-0.25, -0.2) is 0 Å². The Morgan fingerprint density at radius 1 is 0.968 bits per heavy atom. The second kappa shape index (κ2) is 10.1. The zero-order chi connectivity index (χ0) is 23.6. The number of carbonyl (C=O) groups excluding carboxylic acids is 2. The fraction of sp³-hybridized carbons (Fsp3) is 0.667.